The van der Waals surface area contributed by atoms with Crippen molar-refractivity contribution >= 4 is 20.6 Å². The van der Waals surface area contributed by atoms with E-state index in [1.807, 2.05) is 0 Å². The van der Waals surface area contributed by atoms with Gasteiger partial charge in [0.25, 0.3) is 0 Å². The van der Waals surface area contributed by atoms with Crippen LogP contribution in [0.5, 0.6) is 5.75 Å². The Morgan fingerprint density at radius 1 is 1.58 bits per heavy atom. The zero-order chi connectivity index (χ0) is 9.14. The number of halogens is 1. The molecule has 0 saturated heterocycles. The van der Waals surface area contributed by atoms with Crippen LogP contribution in [0.25, 0.3) is 6.08 Å². The highest BCUT2D eigenvalue weighted by Crippen LogP contribution is 2.20. The lowest BCUT2D eigenvalue weighted by atomic mass is 10.2. The van der Waals surface area contributed by atoms with E-state index in [0.29, 0.717) is 11.1 Å². The minimum Gasteiger partial charge on any atom is -0.495 e. The van der Waals surface area contributed by atoms with E-state index < -0.39 is 0 Å². The third kappa shape index (κ3) is 1.49. The van der Waals surface area contributed by atoms with E-state index in [0.717, 1.165) is 5.56 Å². The number of ether oxygens (including phenoxy) is 1. The minimum atomic E-state index is -0.289. The summed E-state index contributed by atoms with van der Waals surface area (Å²) in [7, 11) is 3.81. The second-order valence-electron chi connectivity index (χ2n) is 2.29. The van der Waals surface area contributed by atoms with E-state index in [1.165, 1.54) is 13.2 Å². The van der Waals surface area contributed by atoms with Crippen molar-refractivity contribution in [2.75, 3.05) is 7.11 Å². The molecular formula is C9H10FOP. The molecule has 3 heteroatoms. The Bertz CT molecular complexity index is 310. The molecule has 12 heavy (non-hydrogen) atoms. The Kier molecular flexibility index (Phi) is 2.83. The molecule has 0 fully saturated rings. The fraction of sp³-hybridized carbons (Fsp3) is 0.111. The van der Waals surface area contributed by atoms with Gasteiger partial charge in [0.15, 0.2) is 0 Å². The van der Waals surface area contributed by atoms with Gasteiger partial charge in [-0.05, 0) is 12.1 Å². The van der Waals surface area contributed by atoms with E-state index in [2.05, 4.69) is 15.8 Å². The van der Waals surface area contributed by atoms with Gasteiger partial charge in [0.05, 0.1) is 7.11 Å². The van der Waals surface area contributed by atoms with Crippen LogP contribution in [-0.4, -0.2) is 7.11 Å². The Balaban J connectivity index is 3.35. The number of methoxy groups -OCH3 is 1. The highest BCUT2D eigenvalue weighted by atomic mass is 31.0. The van der Waals surface area contributed by atoms with Crippen molar-refractivity contribution in [1.82, 2.24) is 0 Å². The highest BCUT2D eigenvalue weighted by Gasteiger charge is 2.07. The van der Waals surface area contributed by atoms with Gasteiger partial charge in [-0.3, -0.25) is 0 Å². The number of hydrogen-bond acceptors (Lipinski definition) is 1. The molecule has 0 aliphatic rings. The Hall–Kier alpha value is -0.880. The van der Waals surface area contributed by atoms with Crippen LogP contribution in [0, 0.1) is 5.82 Å². The highest BCUT2D eigenvalue weighted by molar-refractivity contribution is 7.27. The van der Waals surface area contributed by atoms with Crippen molar-refractivity contribution < 1.29 is 9.13 Å². The molecule has 64 valence electrons. The summed E-state index contributed by atoms with van der Waals surface area (Å²) in [6.45, 7) is 3.60. The Morgan fingerprint density at radius 3 is 2.75 bits per heavy atom. The average molecular weight is 184 g/mol. The second-order valence-corrected chi connectivity index (χ2v) is 2.87. The maximum absolute atomic E-state index is 12.9. The third-order valence-corrected chi connectivity index (χ3v) is 2.14. The first-order chi connectivity index (χ1) is 5.70. The standard InChI is InChI=1S/C9H10FOP/c1-3-6-4-5-7(10)9(12)8(6)11-2/h3-5H,1,12H2,2H3. The van der Waals surface area contributed by atoms with Gasteiger partial charge >= 0.3 is 0 Å². The molecule has 0 radical (unpaired) electrons. The second kappa shape index (κ2) is 3.68. The molecule has 0 N–H and O–H groups in total. The fourth-order valence-electron chi connectivity index (χ4n) is 0.981. The van der Waals surface area contributed by atoms with Crippen LogP contribution in [0.2, 0.25) is 0 Å². The van der Waals surface area contributed by atoms with E-state index in [1.54, 1.807) is 12.1 Å². The minimum absolute atomic E-state index is 0.289. The van der Waals surface area contributed by atoms with E-state index in [9.17, 15) is 4.39 Å². The first kappa shape index (κ1) is 9.21. The summed E-state index contributed by atoms with van der Waals surface area (Å²) in [5, 5.41) is 0.440. The predicted octanol–water partition coefficient (Wildman–Crippen LogP) is 1.98. The van der Waals surface area contributed by atoms with Crippen molar-refractivity contribution in [3.05, 3.63) is 30.1 Å². The van der Waals surface area contributed by atoms with Crippen molar-refractivity contribution in [3.8, 4) is 5.75 Å². The monoisotopic (exact) mass is 184 g/mol. The van der Waals surface area contributed by atoms with Gasteiger partial charge in [-0.1, -0.05) is 21.9 Å². The van der Waals surface area contributed by atoms with Crippen LogP contribution in [-0.2, 0) is 0 Å². The molecule has 1 atom stereocenters. The quantitative estimate of drug-likeness (QED) is 0.638. The first-order valence-corrected chi connectivity index (χ1v) is 4.02. The zero-order valence-corrected chi connectivity index (χ0v) is 7.96. The maximum Gasteiger partial charge on any atom is 0.136 e. The van der Waals surface area contributed by atoms with Crippen LogP contribution >= 0.6 is 9.24 Å². The topological polar surface area (TPSA) is 9.23 Å². The number of hydrogen-bond donors (Lipinski definition) is 0. The maximum atomic E-state index is 12.9. The summed E-state index contributed by atoms with van der Waals surface area (Å²) in [6, 6.07) is 3.02. The van der Waals surface area contributed by atoms with Crippen molar-refractivity contribution in [2.24, 2.45) is 0 Å². The lowest BCUT2D eigenvalue weighted by Gasteiger charge is -2.08. The Labute approximate surface area is 73.4 Å². The van der Waals surface area contributed by atoms with Gasteiger partial charge in [-0.25, -0.2) is 4.39 Å². The summed E-state index contributed by atoms with van der Waals surface area (Å²) in [4.78, 5) is 0. The normalized spacial score (nSPS) is 9.58. The molecular weight excluding hydrogens is 174 g/mol. The lowest BCUT2D eigenvalue weighted by Crippen LogP contribution is -2.05. The molecule has 0 aliphatic carbocycles. The zero-order valence-electron chi connectivity index (χ0n) is 6.80. The van der Waals surface area contributed by atoms with Crippen molar-refractivity contribution in [3.63, 3.8) is 0 Å². The van der Waals surface area contributed by atoms with E-state index >= 15 is 0 Å². The molecule has 0 aromatic heterocycles. The molecule has 0 heterocycles. The van der Waals surface area contributed by atoms with Crippen LogP contribution in [0.1, 0.15) is 5.56 Å². The molecule has 1 unspecified atom stereocenters. The van der Waals surface area contributed by atoms with Gasteiger partial charge < -0.3 is 4.74 Å². The van der Waals surface area contributed by atoms with Crippen molar-refractivity contribution in [2.45, 2.75) is 0 Å². The van der Waals surface area contributed by atoms with Gasteiger partial charge in [0, 0.05) is 10.9 Å². The van der Waals surface area contributed by atoms with Crippen molar-refractivity contribution in [1.29, 1.82) is 0 Å². The van der Waals surface area contributed by atoms with Crippen LogP contribution in [0.3, 0.4) is 0 Å². The fourth-order valence-corrected chi connectivity index (χ4v) is 1.36. The molecule has 0 saturated carbocycles. The molecule has 1 aromatic rings. The molecule has 1 nitrogen and oxygen atoms in total. The lowest BCUT2D eigenvalue weighted by molar-refractivity contribution is 0.415. The molecule has 1 rings (SSSR count). The molecule has 0 amide bonds. The number of rotatable bonds is 2. The van der Waals surface area contributed by atoms with Gasteiger partial charge in [0.1, 0.15) is 11.6 Å². The van der Waals surface area contributed by atoms with Crippen LogP contribution < -0.4 is 10.0 Å². The summed E-state index contributed by atoms with van der Waals surface area (Å²) in [5.41, 5.74) is 0.795. The predicted molar refractivity (Wildman–Crippen MR) is 52.4 cm³/mol. The Morgan fingerprint density at radius 2 is 2.25 bits per heavy atom. The molecule has 0 aliphatic heterocycles. The van der Waals surface area contributed by atoms with E-state index in [-0.39, 0.29) is 5.82 Å². The average Bonchev–Trinajstić information content (AvgIpc) is 2.09. The molecule has 0 spiro atoms. The molecule has 1 aromatic carbocycles. The first-order valence-electron chi connectivity index (χ1n) is 3.45. The van der Waals surface area contributed by atoms with Gasteiger partial charge in [-0.15, -0.1) is 0 Å². The molecule has 0 bridgehead atoms. The van der Waals surface area contributed by atoms with E-state index in [4.69, 9.17) is 4.74 Å². The largest absolute Gasteiger partial charge is 0.495 e. The number of benzene rings is 1. The van der Waals surface area contributed by atoms with Crippen LogP contribution in [0.15, 0.2) is 18.7 Å². The summed E-state index contributed by atoms with van der Waals surface area (Å²) in [6.07, 6.45) is 1.63. The summed E-state index contributed by atoms with van der Waals surface area (Å²) < 4.78 is 18.0. The summed E-state index contributed by atoms with van der Waals surface area (Å²) in [5.74, 6) is 0.234. The smallest absolute Gasteiger partial charge is 0.136 e. The summed E-state index contributed by atoms with van der Waals surface area (Å²) >= 11 is 0. The third-order valence-electron chi connectivity index (χ3n) is 1.60. The van der Waals surface area contributed by atoms with Gasteiger partial charge in [-0.2, -0.15) is 0 Å². The van der Waals surface area contributed by atoms with Gasteiger partial charge in [0.2, 0.25) is 0 Å². The SMILES string of the molecule is C=Cc1ccc(F)c(P)c1OC. The van der Waals surface area contributed by atoms with Crippen LogP contribution in [0.4, 0.5) is 4.39 Å².